The maximum atomic E-state index is 14.1. The van der Waals surface area contributed by atoms with E-state index in [-0.39, 0.29) is 18.4 Å². The summed E-state index contributed by atoms with van der Waals surface area (Å²) in [6.07, 6.45) is 1.53. The van der Waals surface area contributed by atoms with Gasteiger partial charge in [0.1, 0.15) is 17.5 Å². The Morgan fingerprint density at radius 2 is 2.04 bits per heavy atom. The van der Waals surface area contributed by atoms with E-state index in [0.29, 0.717) is 31.4 Å². The van der Waals surface area contributed by atoms with Crippen LogP contribution in [0.3, 0.4) is 0 Å². The number of rotatable bonds is 1. The third kappa shape index (κ3) is 2.32. The maximum Gasteiger partial charge on any atom is 0.195 e. The van der Waals surface area contributed by atoms with Crippen molar-refractivity contribution in [2.24, 2.45) is 27.8 Å². The minimum atomic E-state index is -1.12. The van der Waals surface area contributed by atoms with E-state index in [9.17, 15) is 13.2 Å². The van der Waals surface area contributed by atoms with Crippen molar-refractivity contribution in [1.29, 1.82) is 0 Å². The maximum absolute atomic E-state index is 14.1. The Hall–Kier alpha value is -1.96. The lowest BCUT2D eigenvalue weighted by Gasteiger charge is -2.36. The number of fused-ring (bicyclic) bond motifs is 3. The largest absolute Gasteiger partial charge is 0.328 e. The highest BCUT2D eigenvalue weighted by atomic mass is 19.2. The molecule has 0 saturated heterocycles. The second-order valence-electron chi connectivity index (χ2n) is 6.25. The molecule has 2 unspecified atom stereocenters. The normalized spacial score (nSPS) is 30.1. The molecular weight excluding hydrogens is 307 g/mol. The van der Waals surface area contributed by atoms with E-state index in [4.69, 9.17) is 5.73 Å². The molecule has 5 nitrogen and oxygen atoms in total. The Labute approximate surface area is 130 Å². The summed E-state index contributed by atoms with van der Waals surface area (Å²) in [6.45, 7) is 1.10. The number of azo groups is 1. The molecule has 3 heterocycles. The van der Waals surface area contributed by atoms with Gasteiger partial charge in [0.2, 0.25) is 0 Å². The predicted octanol–water partition coefficient (Wildman–Crippen LogP) is 3.05. The van der Waals surface area contributed by atoms with Crippen LogP contribution in [-0.4, -0.2) is 22.1 Å². The SMILES string of the molecule is NC1Cn2c(nc3c2CCN=N3)C[C@@H]1C1CC(F)=C(F)C=C1F. The highest BCUT2D eigenvalue weighted by Crippen LogP contribution is 2.41. The van der Waals surface area contributed by atoms with Crippen molar-refractivity contribution in [2.45, 2.75) is 31.8 Å². The molecule has 1 aliphatic carbocycles. The second-order valence-corrected chi connectivity index (χ2v) is 6.25. The molecule has 0 aromatic carbocycles. The van der Waals surface area contributed by atoms with Gasteiger partial charge in [-0.05, 0) is 5.92 Å². The quantitative estimate of drug-likeness (QED) is 0.863. The van der Waals surface area contributed by atoms with E-state index < -0.39 is 23.4 Å². The summed E-state index contributed by atoms with van der Waals surface area (Å²) in [4.78, 5) is 4.46. The average molecular weight is 323 g/mol. The van der Waals surface area contributed by atoms with Crippen molar-refractivity contribution < 1.29 is 13.2 Å². The molecule has 122 valence electrons. The van der Waals surface area contributed by atoms with Gasteiger partial charge in [0.15, 0.2) is 11.6 Å². The van der Waals surface area contributed by atoms with Crippen molar-refractivity contribution in [2.75, 3.05) is 6.54 Å². The molecule has 0 spiro atoms. The van der Waals surface area contributed by atoms with Crippen molar-refractivity contribution in [3.63, 3.8) is 0 Å². The van der Waals surface area contributed by atoms with Gasteiger partial charge in [-0.3, -0.25) is 0 Å². The van der Waals surface area contributed by atoms with Crippen LogP contribution in [0.5, 0.6) is 0 Å². The molecule has 0 amide bonds. The van der Waals surface area contributed by atoms with E-state index in [1.165, 1.54) is 0 Å². The molecule has 1 aromatic rings. The second kappa shape index (κ2) is 5.30. The van der Waals surface area contributed by atoms with Crippen LogP contribution in [0.25, 0.3) is 0 Å². The monoisotopic (exact) mass is 323 g/mol. The van der Waals surface area contributed by atoms with Crippen molar-refractivity contribution in [3.8, 4) is 0 Å². The highest BCUT2D eigenvalue weighted by molar-refractivity contribution is 5.38. The van der Waals surface area contributed by atoms with Crippen LogP contribution in [-0.2, 0) is 19.4 Å². The highest BCUT2D eigenvalue weighted by Gasteiger charge is 2.39. The molecule has 0 saturated carbocycles. The van der Waals surface area contributed by atoms with E-state index in [1.807, 2.05) is 4.57 Å². The Bertz CT molecular complexity index is 749. The Kier molecular flexibility index (Phi) is 3.37. The smallest absolute Gasteiger partial charge is 0.195 e. The molecule has 0 fully saturated rings. The molecule has 2 N–H and O–H groups in total. The van der Waals surface area contributed by atoms with Crippen molar-refractivity contribution in [3.05, 3.63) is 35.1 Å². The Balaban J connectivity index is 1.65. The van der Waals surface area contributed by atoms with Gasteiger partial charge in [0.25, 0.3) is 0 Å². The first-order valence-corrected chi connectivity index (χ1v) is 7.67. The third-order valence-electron chi connectivity index (χ3n) is 4.90. The molecule has 2 aliphatic heterocycles. The lowest BCUT2D eigenvalue weighted by atomic mass is 9.77. The van der Waals surface area contributed by atoms with E-state index in [0.717, 1.165) is 17.9 Å². The fourth-order valence-corrected chi connectivity index (χ4v) is 3.69. The zero-order chi connectivity index (χ0) is 16.1. The molecule has 23 heavy (non-hydrogen) atoms. The number of nitrogens with two attached hydrogens (primary N) is 1. The molecule has 3 aliphatic rings. The van der Waals surface area contributed by atoms with Gasteiger partial charge >= 0.3 is 0 Å². The van der Waals surface area contributed by atoms with Gasteiger partial charge in [-0.2, -0.15) is 5.11 Å². The average Bonchev–Trinajstić information content (AvgIpc) is 2.88. The standard InChI is InChI=1S/C15H16F3N5/c16-9-5-11(18)10(17)3-7(9)8-4-14-21-15-13(1-2-20-22-15)23(14)6-12(8)19/h5,7-8,12H,1-4,6,19H2/t7?,8-,12?/m1/s1. The Morgan fingerprint density at radius 1 is 1.22 bits per heavy atom. The summed E-state index contributed by atoms with van der Waals surface area (Å²) >= 11 is 0. The van der Waals surface area contributed by atoms with E-state index in [2.05, 4.69) is 15.2 Å². The van der Waals surface area contributed by atoms with Gasteiger partial charge < -0.3 is 10.3 Å². The van der Waals surface area contributed by atoms with Crippen LogP contribution in [0.1, 0.15) is 17.9 Å². The third-order valence-corrected chi connectivity index (χ3v) is 4.90. The number of halogens is 3. The van der Waals surface area contributed by atoms with E-state index >= 15 is 0 Å². The van der Waals surface area contributed by atoms with Crippen molar-refractivity contribution in [1.82, 2.24) is 9.55 Å². The van der Waals surface area contributed by atoms with Crippen LogP contribution in [0.4, 0.5) is 19.0 Å². The van der Waals surface area contributed by atoms with Crippen LogP contribution < -0.4 is 5.73 Å². The summed E-state index contributed by atoms with van der Waals surface area (Å²) < 4.78 is 42.9. The molecular formula is C15H16F3N5. The molecule has 0 bridgehead atoms. The Morgan fingerprint density at radius 3 is 2.87 bits per heavy atom. The number of aromatic nitrogens is 2. The topological polar surface area (TPSA) is 68.6 Å². The zero-order valence-corrected chi connectivity index (χ0v) is 12.3. The minimum Gasteiger partial charge on any atom is -0.328 e. The first-order chi connectivity index (χ1) is 11.0. The van der Waals surface area contributed by atoms with Crippen molar-refractivity contribution >= 4 is 5.82 Å². The van der Waals surface area contributed by atoms with Crippen LogP contribution in [0, 0.1) is 11.8 Å². The molecule has 1 aromatic heterocycles. The lowest BCUT2D eigenvalue weighted by molar-refractivity contribution is 0.214. The molecule has 4 rings (SSSR count). The van der Waals surface area contributed by atoms with E-state index in [1.54, 1.807) is 0 Å². The van der Waals surface area contributed by atoms with Gasteiger partial charge in [0.05, 0.1) is 12.2 Å². The summed E-state index contributed by atoms with van der Waals surface area (Å²) in [7, 11) is 0. The summed E-state index contributed by atoms with van der Waals surface area (Å²) in [5.74, 6) is -2.38. The predicted molar refractivity (Wildman–Crippen MR) is 77.0 cm³/mol. The number of nitrogens with zero attached hydrogens (tertiary/aromatic N) is 4. The van der Waals surface area contributed by atoms with Gasteiger partial charge in [-0.1, -0.05) is 0 Å². The van der Waals surface area contributed by atoms with Gasteiger partial charge in [0, 0.05) is 43.8 Å². The molecule has 0 radical (unpaired) electrons. The summed E-state index contributed by atoms with van der Waals surface area (Å²) in [6, 6.07) is -0.349. The first kappa shape index (κ1) is 14.6. The van der Waals surface area contributed by atoms with Gasteiger partial charge in [-0.15, -0.1) is 5.11 Å². The zero-order valence-electron chi connectivity index (χ0n) is 12.3. The molecule has 3 atom stereocenters. The van der Waals surface area contributed by atoms with Crippen LogP contribution in [0.15, 0.2) is 33.8 Å². The van der Waals surface area contributed by atoms with Crippen LogP contribution in [0.2, 0.25) is 0 Å². The summed E-state index contributed by atoms with van der Waals surface area (Å²) in [5, 5.41) is 8.02. The molecule has 8 heteroatoms. The van der Waals surface area contributed by atoms with Gasteiger partial charge in [-0.25, -0.2) is 18.2 Å². The first-order valence-electron chi connectivity index (χ1n) is 7.67. The fourth-order valence-electron chi connectivity index (χ4n) is 3.69. The number of allylic oxidation sites excluding steroid dienone is 4. The number of imidazole rings is 1. The minimum absolute atomic E-state index is 0.285. The lowest BCUT2D eigenvalue weighted by Crippen LogP contribution is -2.45. The number of hydrogen-bond donors (Lipinski definition) is 1. The van der Waals surface area contributed by atoms with Crippen LogP contribution >= 0.6 is 0 Å². The summed E-state index contributed by atoms with van der Waals surface area (Å²) in [5.41, 5.74) is 7.23. The fraction of sp³-hybridized carbons (Fsp3) is 0.533. The number of hydrogen-bond acceptors (Lipinski definition) is 4.